The molecule has 4 atom stereocenters. The van der Waals surface area contributed by atoms with E-state index in [0.29, 0.717) is 0 Å². The van der Waals surface area contributed by atoms with Crippen LogP contribution in [0.1, 0.15) is 58.3 Å². The van der Waals surface area contributed by atoms with Gasteiger partial charge in [-0.2, -0.15) is 0 Å². The van der Waals surface area contributed by atoms with E-state index >= 15 is 0 Å². The van der Waals surface area contributed by atoms with Gasteiger partial charge in [0.1, 0.15) is 0 Å². The summed E-state index contributed by atoms with van der Waals surface area (Å²) in [5.41, 5.74) is 1.20. The normalized spacial score (nSPS) is 40.1. The molecule has 1 saturated carbocycles. The number of nitrogens with zero attached hydrogens (tertiary/aromatic N) is 1. The first kappa shape index (κ1) is 13.4. The third kappa shape index (κ3) is 2.96. The predicted molar refractivity (Wildman–Crippen MR) is 78.4 cm³/mol. The molecule has 2 fully saturated rings. The molecule has 19 heavy (non-hydrogen) atoms. The maximum absolute atomic E-state index is 12.0. The first-order valence-corrected chi connectivity index (χ1v) is 8.27. The average Bonchev–Trinajstić information content (AvgIpc) is 2.41. The Morgan fingerprint density at radius 2 is 2.16 bits per heavy atom. The van der Waals surface area contributed by atoms with Gasteiger partial charge in [-0.15, -0.1) is 0 Å². The molecule has 108 valence electrons. The zero-order valence-electron chi connectivity index (χ0n) is 12.2. The largest absolute Gasteiger partial charge is 0.624 e. The lowest BCUT2D eigenvalue weighted by atomic mass is 9.66. The quantitative estimate of drug-likeness (QED) is 0.615. The summed E-state index contributed by atoms with van der Waals surface area (Å²) in [5, 5.41) is 15.7. The Bertz CT molecular complexity index is 353. The van der Waals surface area contributed by atoms with E-state index < -0.39 is 0 Å². The van der Waals surface area contributed by atoms with Gasteiger partial charge < -0.3 is 10.5 Å². The fourth-order valence-corrected chi connectivity index (χ4v) is 4.63. The summed E-state index contributed by atoms with van der Waals surface area (Å²) < 4.78 is 1.31. The summed E-state index contributed by atoms with van der Waals surface area (Å²) in [5.74, 6) is 2.40. The Kier molecular flexibility index (Phi) is 4.11. The Labute approximate surface area is 117 Å². The van der Waals surface area contributed by atoms with Crippen LogP contribution in [0.15, 0.2) is 0 Å². The summed E-state index contributed by atoms with van der Waals surface area (Å²) in [4.78, 5) is 0. The summed E-state index contributed by atoms with van der Waals surface area (Å²) in [7, 11) is 0. The Morgan fingerprint density at radius 3 is 3.00 bits per heavy atom. The molecule has 0 bridgehead atoms. The molecular weight excluding hydrogens is 236 g/mol. The summed E-state index contributed by atoms with van der Waals surface area (Å²) in [6.07, 6.45) is 9.82. The Balaban J connectivity index is 1.70. The second-order valence-corrected chi connectivity index (χ2v) is 7.03. The summed E-state index contributed by atoms with van der Waals surface area (Å²) >= 11 is 0. The van der Waals surface area contributed by atoms with Crippen molar-refractivity contribution < 1.29 is 4.74 Å². The molecule has 1 aliphatic carbocycles. The molecule has 3 rings (SSSR count). The van der Waals surface area contributed by atoms with Crippen molar-refractivity contribution in [2.75, 3.05) is 13.1 Å². The first-order chi connectivity index (χ1) is 9.24. The Hall–Kier alpha value is -0.570. The zero-order valence-corrected chi connectivity index (χ0v) is 12.2. The molecule has 0 aromatic rings. The molecule has 1 N–H and O–H groups in total. The van der Waals surface area contributed by atoms with Crippen LogP contribution in [0.25, 0.3) is 0 Å². The van der Waals surface area contributed by atoms with Crippen LogP contribution in [0.5, 0.6) is 0 Å². The monoisotopic (exact) mass is 264 g/mol. The molecule has 3 aliphatic rings. The van der Waals surface area contributed by atoms with E-state index in [-0.39, 0.29) is 0 Å². The first-order valence-electron chi connectivity index (χ1n) is 8.27. The zero-order chi connectivity index (χ0) is 13.2. The van der Waals surface area contributed by atoms with Gasteiger partial charge in [-0.25, -0.2) is 4.74 Å². The number of hydrogen-bond acceptors (Lipinski definition) is 2. The van der Waals surface area contributed by atoms with E-state index in [0.717, 1.165) is 49.6 Å². The number of piperidine rings is 1. The topological polar surface area (TPSA) is 38.1 Å². The highest BCUT2D eigenvalue weighted by Crippen LogP contribution is 2.40. The minimum Gasteiger partial charge on any atom is -0.624 e. The maximum atomic E-state index is 12.0. The van der Waals surface area contributed by atoms with Crippen molar-refractivity contribution in [3.63, 3.8) is 0 Å². The smallest absolute Gasteiger partial charge is 0.163 e. The molecule has 1 saturated heterocycles. The van der Waals surface area contributed by atoms with Gasteiger partial charge in [0.2, 0.25) is 0 Å². The number of fused-ring (bicyclic) bond motifs is 1. The highest BCUT2D eigenvalue weighted by Gasteiger charge is 2.38. The van der Waals surface area contributed by atoms with Crippen LogP contribution in [0.2, 0.25) is 0 Å². The maximum Gasteiger partial charge on any atom is 0.163 e. The van der Waals surface area contributed by atoms with Crippen molar-refractivity contribution in [3.05, 3.63) is 5.21 Å². The fraction of sp³-hybridized carbons (Fsp3) is 0.938. The van der Waals surface area contributed by atoms with Gasteiger partial charge in [0.05, 0.1) is 0 Å². The third-order valence-electron chi connectivity index (χ3n) is 5.53. The van der Waals surface area contributed by atoms with E-state index in [1.807, 2.05) is 0 Å². The van der Waals surface area contributed by atoms with Gasteiger partial charge in [-0.05, 0) is 56.4 Å². The second kappa shape index (κ2) is 5.82. The molecule has 3 heteroatoms. The standard InChI is InChI=1S/C16H28N2O/c1-12-9-13(11-14-5-2-3-8-18(14)19)15-6-4-7-17-16(15)10-12/h12-13,15-17H,2-11H2,1H3/t12-,13-,15-,16-/m1/s1. The van der Waals surface area contributed by atoms with Gasteiger partial charge in [0.25, 0.3) is 0 Å². The van der Waals surface area contributed by atoms with E-state index in [1.165, 1.54) is 49.1 Å². The summed E-state index contributed by atoms with van der Waals surface area (Å²) in [6.45, 7) is 4.33. The molecule has 3 nitrogen and oxygen atoms in total. The van der Waals surface area contributed by atoms with Crippen molar-refractivity contribution in [1.82, 2.24) is 5.32 Å². The van der Waals surface area contributed by atoms with E-state index in [9.17, 15) is 5.21 Å². The van der Waals surface area contributed by atoms with Crippen LogP contribution in [0.3, 0.4) is 0 Å². The second-order valence-electron chi connectivity index (χ2n) is 7.03. The highest BCUT2D eigenvalue weighted by molar-refractivity contribution is 5.80. The predicted octanol–water partition coefficient (Wildman–Crippen LogP) is 2.93. The molecule has 0 aromatic carbocycles. The van der Waals surface area contributed by atoms with Crippen LogP contribution in [-0.4, -0.2) is 29.6 Å². The number of hydroxylamine groups is 1. The van der Waals surface area contributed by atoms with Crippen molar-refractivity contribution in [2.45, 2.75) is 64.3 Å². The van der Waals surface area contributed by atoms with Crippen molar-refractivity contribution >= 4 is 5.71 Å². The lowest BCUT2D eigenvalue weighted by molar-refractivity contribution is -0.465. The molecule has 0 aromatic heterocycles. The number of nitrogens with one attached hydrogen (secondary N) is 1. The van der Waals surface area contributed by atoms with Crippen LogP contribution < -0.4 is 5.32 Å². The van der Waals surface area contributed by atoms with Crippen LogP contribution in [0, 0.1) is 23.0 Å². The molecule has 0 amide bonds. The fourth-order valence-electron chi connectivity index (χ4n) is 4.63. The van der Waals surface area contributed by atoms with E-state index in [2.05, 4.69) is 12.2 Å². The molecular formula is C16H28N2O. The molecule has 0 radical (unpaired) electrons. The average molecular weight is 264 g/mol. The number of rotatable bonds is 2. The van der Waals surface area contributed by atoms with Gasteiger partial charge in [0.15, 0.2) is 12.3 Å². The molecule has 0 spiro atoms. The van der Waals surface area contributed by atoms with E-state index in [1.54, 1.807) is 0 Å². The van der Waals surface area contributed by atoms with Crippen molar-refractivity contribution in [3.8, 4) is 0 Å². The highest BCUT2D eigenvalue weighted by atomic mass is 16.5. The van der Waals surface area contributed by atoms with Gasteiger partial charge in [-0.1, -0.05) is 6.92 Å². The van der Waals surface area contributed by atoms with Crippen LogP contribution in [0.4, 0.5) is 0 Å². The molecule has 2 heterocycles. The lowest BCUT2D eigenvalue weighted by Crippen LogP contribution is -2.49. The minimum absolute atomic E-state index is 0.729. The van der Waals surface area contributed by atoms with Crippen molar-refractivity contribution in [1.29, 1.82) is 0 Å². The van der Waals surface area contributed by atoms with Gasteiger partial charge >= 0.3 is 0 Å². The lowest BCUT2D eigenvalue weighted by Gasteiger charge is -2.44. The van der Waals surface area contributed by atoms with Crippen LogP contribution >= 0.6 is 0 Å². The van der Waals surface area contributed by atoms with E-state index in [4.69, 9.17) is 0 Å². The molecule has 0 unspecified atom stereocenters. The molecule has 2 aliphatic heterocycles. The Morgan fingerprint density at radius 1 is 1.26 bits per heavy atom. The number of hydrogen-bond donors (Lipinski definition) is 1. The van der Waals surface area contributed by atoms with Crippen LogP contribution in [-0.2, 0) is 0 Å². The van der Waals surface area contributed by atoms with Gasteiger partial charge in [0, 0.05) is 25.3 Å². The summed E-state index contributed by atoms with van der Waals surface area (Å²) in [6, 6.07) is 0.729. The van der Waals surface area contributed by atoms with Crippen molar-refractivity contribution in [2.24, 2.45) is 17.8 Å². The van der Waals surface area contributed by atoms with Gasteiger partial charge in [-0.3, -0.25) is 0 Å². The minimum atomic E-state index is 0.729. The third-order valence-corrected chi connectivity index (χ3v) is 5.53. The SMILES string of the molecule is C[C@@H]1C[C@H](CC2=[N+]([O-])CCCC2)[C@H]2CCCN[C@@H]2C1.